The molecule has 0 aromatic rings. The van der Waals surface area contributed by atoms with E-state index in [4.69, 9.17) is 0 Å². The van der Waals surface area contributed by atoms with Gasteiger partial charge in [0, 0.05) is 32.6 Å². The molecule has 0 saturated carbocycles. The van der Waals surface area contributed by atoms with E-state index in [2.05, 4.69) is 36.0 Å². The van der Waals surface area contributed by atoms with Crippen LogP contribution in [0.4, 0.5) is 0 Å². The first kappa shape index (κ1) is 43.4. The van der Waals surface area contributed by atoms with Crippen LogP contribution in [0.5, 0.6) is 0 Å². The van der Waals surface area contributed by atoms with Gasteiger partial charge in [-0.05, 0) is 19.9 Å². The maximum absolute atomic E-state index is 12.4. The Morgan fingerprint density at radius 3 is 1.24 bits per heavy atom. The molecule has 1 saturated heterocycles. The summed E-state index contributed by atoms with van der Waals surface area (Å²) in [5.74, 6) is 0.261. The predicted octanol–water partition coefficient (Wildman–Crippen LogP) is 12.6. The minimum Gasteiger partial charge on any atom is -0.355 e. The van der Waals surface area contributed by atoms with Crippen LogP contribution in [0.25, 0.3) is 0 Å². The number of hydrogen-bond acceptors (Lipinski definition) is 3. The fourth-order valence-electron chi connectivity index (χ4n) is 7.49. The summed E-state index contributed by atoms with van der Waals surface area (Å²) >= 11 is 0. The van der Waals surface area contributed by atoms with Gasteiger partial charge >= 0.3 is 0 Å². The van der Waals surface area contributed by atoms with E-state index < -0.39 is 0 Å². The van der Waals surface area contributed by atoms with E-state index in [0.29, 0.717) is 12.6 Å². The van der Waals surface area contributed by atoms with Crippen LogP contribution in [0, 0.1) is 0 Å². The van der Waals surface area contributed by atoms with Gasteiger partial charge in [-0.1, -0.05) is 206 Å². The Bertz CT molecular complexity index is 626. The number of unbranched alkanes of at least 4 members (excludes halogenated alkanes) is 29. The van der Waals surface area contributed by atoms with Crippen LogP contribution in [-0.2, 0) is 4.79 Å². The lowest BCUT2D eigenvalue weighted by molar-refractivity contribution is -0.121. The molecule has 1 aliphatic heterocycles. The summed E-state index contributed by atoms with van der Waals surface area (Å²) in [5.41, 5.74) is 0. The van der Waals surface area contributed by atoms with Crippen molar-refractivity contribution in [3.8, 4) is 0 Å². The molecule has 1 rings (SSSR count). The van der Waals surface area contributed by atoms with Gasteiger partial charge < -0.3 is 5.32 Å². The van der Waals surface area contributed by atoms with Gasteiger partial charge in [0.25, 0.3) is 0 Å². The fraction of sp³-hybridized carbons (Fsp3) is 0.976. The second kappa shape index (κ2) is 34.3. The topological polar surface area (TPSA) is 35.6 Å². The van der Waals surface area contributed by atoms with Crippen molar-refractivity contribution in [1.29, 1.82) is 0 Å². The highest BCUT2D eigenvalue weighted by molar-refractivity contribution is 5.75. The molecule has 1 N–H and O–H groups in total. The van der Waals surface area contributed by atoms with Crippen molar-refractivity contribution < 1.29 is 4.79 Å². The molecule has 1 amide bonds. The molecule has 0 bridgehead atoms. The lowest BCUT2D eigenvalue weighted by atomic mass is 10.0. The first-order chi connectivity index (χ1) is 22.7. The van der Waals surface area contributed by atoms with E-state index in [1.807, 2.05) is 0 Å². The third-order valence-electron chi connectivity index (χ3n) is 10.7. The zero-order valence-electron chi connectivity index (χ0n) is 32.0. The second-order valence-corrected chi connectivity index (χ2v) is 15.1. The Morgan fingerprint density at radius 1 is 0.500 bits per heavy atom. The van der Waals surface area contributed by atoms with E-state index in [1.165, 1.54) is 199 Å². The molecule has 4 heteroatoms. The maximum Gasteiger partial charge on any atom is 0.220 e. The Hall–Kier alpha value is -0.610. The number of carbonyl (C=O) groups is 1. The molecule has 1 atom stereocenters. The van der Waals surface area contributed by atoms with E-state index in [0.717, 1.165) is 32.6 Å². The number of rotatable bonds is 36. The molecule has 1 unspecified atom stereocenters. The van der Waals surface area contributed by atoms with E-state index in [1.54, 1.807) is 0 Å². The summed E-state index contributed by atoms with van der Waals surface area (Å²) in [6, 6.07) is 0. The van der Waals surface area contributed by atoms with Gasteiger partial charge in [0.05, 0.1) is 6.17 Å². The highest BCUT2D eigenvalue weighted by Gasteiger charge is 2.28. The van der Waals surface area contributed by atoms with Crippen LogP contribution in [0.2, 0.25) is 0 Å². The largest absolute Gasteiger partial charge is 0.355 e. The number of nitrogens with one attached hydrogen (secondary N) is 1. The molecule has 0 aliphatic carbocycles. The lowest BCUT2D eigenvalue weighted by Crippen LogP contribution is -2.41. The summed E-state index contributed by atoms with van der Waals surface area (Å²) in [6.45, 7) is 8.71. The monoisotopic (exact) mass is 648 g/mol. The van der Waals surface area contributed by atoms with E-state index in [9.17, 15) is 4.79 Å². The van der Waals surface area contributed by atoms with Crippen molar-refractivity contribution in [3.63, 3.8) is 0 Å². The molecular weight excluding hydrogens is 562 g/mol. The van der Waals surface area contributed by atoms with Crippen molar-refractivity contribution in [1.82, 2.24) is 15.1 Å². The third-order valence-corrected chi connectivity index (χ3v) is 10.7. The number of carbonyl (C=O) groups excluding carboxylic acids is 1. The Labute approximate surface area is 290 Å². The fourth-order valence-corrected chi connectivity index (χ4v) is 7.49. The molecule has 0 aromatic heterocycles. The van der Waals surface area contributed by atoms with Crippen LogP contribution >= 0.6 is 0 Å². The van der Waals surface area contributed by atoms with Crippen LogP contribution in [0.1, 0.15) is 226 Å². The molecular formula is C42H85N3O. The smallest absolute Gasteiger partial charge is 0.220 e. The summed E-state index contributed by atoms with van der Waals surface area (Å²) in [4.78, 5) is 17.5. The number of hydrogen-bond donors (Lipinski definition) is 1. The van der Waals surface area contributed by atoms with Crippen molar-refractivity contribution >= 4 is 5.91 Å². The van der Waals surface area contributed by atoms with Gasteiger partial charge in [0.15, 0.2) is 0 Å². The van der Waals surface area contributed by atoms with Crippen molar-refractivity contribution in [2.45, 2.75) is 232 Å². The standard InChI is InChI=1S/C42H85N3O/c1-4-6-8-10-12-14-16-18-20-22-24-26-28-30-32-34-36-42-44(3)39-40-45(42)38-37-43-41(46)35-33-31-29-27-25-23-21-19-17-15-13-11-9-7-5-2/h42H,4-40H2,1-3H3,(H,43,46). The highest BCUT2D eigenvalue weighted by atomic mass is 16.1. The minimum absolute atomic E-state index is 0.261. The molecule has 4 nitrogen and oxygen atoms in total. The molecule has 274 valence electrons. The molecule has 1 heterocycles. The van der Waals surface area contributed by atoms with Crippen LogP contribution in [0.15, 0.2) is 0 Å². The zero-order valence-corrected chi connectivity index (χ0v) is 32.0. The highest BCUT2D eigenvalue weighted by Crippen LogP contribution is 2.20. The van der Waals surface area contributed by atoms with Gasteiger partial charge in [-0.25, -0.2) is 0 Å². The number of likely N-dealkylation sites (N-methyl/N-ethyl adjacent to an activating group) is 1. The summed E-state index contributed by atoms with van der Waals surface area (Å²) in [7, 11) is 2.28. The first-order valence-corrected chi connectivity index (χ1v) is 21.4. The second-order valence-electron chi connectivity index (χ2n) is 15.1. The molecule has 46 heavy (non-hydrogen) atoms. The Morgan fingerprint density at radius 2 is 0.848 bits per heavy atom. The number of nitrogens with zero attached hydrogens (tertiary/aromatic N) is 2. The van der Waals surface area contributed by atoms with Gasteiger partial charge in [-0.2, -0.15) is 0 Å². The summed E-state index contributed by atoms with van der Waals surface area (Å²) in [5, 5.41) is 3.22. The first-order valence-electron chi connectivity index (χ1n) is 21.4. The maximum atomic E-state index is 12.4. The number of amides is 1. The zero-order chi connectivity index (χ0) is 33.2. The average molecular weight is 648 g/mol. The quantitative estimate of drug-likeness (QED) is 0.0687. The molecule has 1 aliphatic rings. The SMILES string of the molecule is CCCCCCCCCCCCCCCCCCC1N(C)CCN1CCNC(=O)CCCCCCCCCCCCCCCCC. The van der Waals surface area contributed by atoms with Crippen LogP contribution in [0.3, 0.4) is 0 Å². The van der Waals surface area contributed by atoms with Gasteiger partial charge in [0.2, 0.25) is 5.91 Å². The van der Waals surface area contributed by atoms with E-state index in [-0.39, 0.29) is 5.91 Å². The third kappa shape index (κ3) is 27.4. The minimum atomic E-state index is 0.261. The van der Waals surface area contributed by atoms with Crippen molar-refractivity contribution in [2.24, 2.45) is 0 Å². The molecule has 0 spiro atoms. The summed E-state index contributed by atoms with van der Waals surface area (Å²) in [6.07, 6.45) is 46.0. The van der Waals surface area contributed by atoms with Crippen LogP contribution in [-0.4, -0.2) is 55.1 Å². The molecule has 0 aromatic carbocycles. The normalized spacial score (nSPS) is 15.7. The predicted molar refractivity (Wildman–Crippen MR) is 205 cm³/mol. The van der Waals surface area contributed by atoms with Crippen molar-refractivity contribution in [2.75, 3.05) is 33.2 Å². The van der Waals surface area contributed by atoms with Gasteiger partial charge in [0.1, 0.15) is 0 Å². The van der Waals surface area contributed by atoms with E-state index >= 15 is 0 Å². The Balaban J connectivity index is 1.88. The summed E-state index contributed by atoms with van der Waals surface area (Å²) < 4.78 is 0. The van der Waals surface area contributed by atoms with Gasteiger partial charge in [-0.15, -0.1) is 0 Å². The van der Waals surface area contributed by atoms with Crippen LogP contribution < -0.4 is 5.32 Å². The Kier molecular flexibility index (Phi) is 32.3. The lowest BCUT2D eigenvalue weighted by Gasteiger charge is -2.28. The van der Waals surface area contributed by atoms with Gasteiger partial charge in [-0.3, -0.25) is 14.6 Å². The average Bonchev–Trinajstić information content (AvgIpc) is 3.41. The molecule has 0 radical (unpaired) electrons. The van der Waals surface area contributed by atoms with Crippen molar-refractivity contribution in [3.05, 3.63) is 0 Å². The molecule has 1 fully saturated rings.